The Kier molecular flexibility index (Phi) is 7.20. The van der Waals surface area contributed by atoms with Crippen molar-refractivity contribution in [3.63, 3.8) is 0 Å². The molecule has 2 aromatic heterocycles. The van der Waals surface area contributed by atoms with E-state index in [4.69, 9.17) is 5.26 Å². The number of aromatic nitrogens is 2. The van der Waals surface area contributed by atoms with Crippen LogP contribution < -0.4 is 20.3 Å². The first-order valence-corrected chi connectivity index (χ1v) is 11.4. The van der Waals surface area contributed by atoms with Crippen LogP contribution in [0.3, 0.4) is 0 Å². The number of amides is 3. The summed E-state index contributed by atoms with van der Waals surface area (Å²) in [5.74, 6) is 0.0488. The number of carbonyl (C=O) groups excluding carboxylic acids is 2. The van der Waals surface area contributed by atoms with Crippen LogP contribution in [0.2, 0.25) is 0 Å². The number of rotatable bonds is 5. The summed E-state index contributed by atoms with van der Waals surface area (Å²) < 4.78 is 40.5. The molecule has 3 heterocycles. The zero-order valence-corrected chi connectivity index (χ0v) is 19.3. The SMILES string of the molecule is N#Cc1ccc(N2CCN(C(=O)c3csc(NC(=O)Nc4ccc(OC(F)(F)F)cc4)n3)CC2)nc1. The number of alkyl halides is 3. The van der Waals surface area contributed by atoms with Gasteiger partial charge < -0.3 is 19.9 Å². The number of nitrogens with zero attached hydrogens (tertiary/aromatic N) is 5. The molecule has 4 rings (SSSR count). The molecule has 36 heavy (non-hydrogen) atoms. The summed E-state index contributed by atoms with van der Waals surface area (Å²) in [5.41, 5.74) is 0.904. The predicted octanol–water partition coefficient (Wildman–Crippen LogP) is 3.91. The maximum atomic E-state index is 12.8. The van der Waals surface area contributed by atoms with Crippen molar-refractivity contribution in [1.29, 1.82) is 5.26 Å². The van der Waals surface area contributed by atoms with Gasteiger partial charge in [-0.1, -0.05) is 0 Å². The molecule has 14 heteroatoms. The highest BCUT2D eigenvalue weighted by molar-refractivity contribution is 7.14. The fourth-order valence-electron chi connectivity index (χ4n) is 3.37. The zero-order chi connectivity index (χ0) is 25.7. The number of urea groups is 1. The van der Waals surface area contributed by atoms with Crippen molar-refractivity contribution in [3.05, 3.63) is 59.2 Å². The number of hydrogen-bond acceptors (Lipinski definition) is 8. The van der Waals surface area contributed by atoms with Gasteiger partial charge >= 0.3 is 12.4 Å². The van der Waals surface area contributed by atoms with E-state index in [1.54, 1.807) is 17.0 Å². The quantitative estimate of drug-likeness (QED) is 0.526. The van der Waals surface area contributed by atoms with Crippen molar-refractivity contribution in [2.24, 2.45) is 0 Å². The average molecular weight is 517 g/mol. The fraction of sp³-hybridized carbons (Fsp3) is 0.227. The first-order chi connectivity index (χ1) is 17.2. The molecule has 0 spiro atoms. The van der Waals surface area contributed by atoms with Crippen LogP contribution in [-0.2, 0) is 0 Å². The molecule has 0 radical (unpaired) electrons. The van der Waals surface area contributed by atoms with Crippen LogP contribution in [0.25, 0.3) is 0 Å². The van der Waals surface area contributed by atoms with Gasteiger partial charge in [0.2, 0.25) is 0 Å². The Morgan fingerprint density at radius 3 is 2.39 bits per heavy atom. The van der Waals surface area contributed by atoms with E-state index < -0.39 is 18.1 Å². The second-order valence-electron chi connectivity index (χ2n) is 7.49. The molecule has 2 N–H and O–H groups in total. The molecule has 1 aliphatic heterocycles. The predicted molar refractivity (Wildman–Crippen MR) is 125 cm³/mol. The zero-order valence-electron chi connectivity index (χ0n) is 18.5. The number of nitriles is 1. The summed E-state index contributed by atoms with van der Waals surface area (Å²) >= 11 is 1.07. The molecule has 1 aromatic carbocycles. The summed E-state index contributed by atoms with van der Waals surface area (Å²) in [5, 5.41) is 15.6. The number of halogens is 3. The van der Waals surface area contributed by atoms with E-state index in [2.05, 4.69) is 25.3 Å². The number of benzene rings is 1. The standard InChI is InChI=1S/C22H18F3N7O3S/c23-22(24,25)35-16-4-2-15(3-5-16)28-20(34)30-21-29-17(13-36-21)19(33)32-9-7-31(8-10-32)18-6-1-14(11-26)12-27-18/h1-6,12-13H,7-10H2,(H2,28,29,30,34). The van der Waals surface area contributed by atoms with Crippen LogP contribution in [0.5, 0.6) is 5.75 Å². The van der Waals surface area contributed by atoms with E-state index >= 15 is 0 Å². The lowest BCUT2D eigenvalue weighted by atomic mass is 10.2. The number of hydrogen-bond donors (Lipinski definition) is 2. The van der Waals surface area contributed by atoms with Crippen LogP contribution in [0, 0.1) is 11.3 Å². The van der Waals surface area contributed by atoms with E-state index in [-0.39, 0.29) is 22.4 Å². The summed E-state index contributed by atoms with van der Waals surface area (Å²) in [4.78, 5) is 37.1. The molecule has 0 aliphatic carbocycles. The second-order valence-corrected chi connectivity index (χ2v) is 8.34. The number of pyridine rings is 1. The minimum Gasteiger partial charge on any atom is -0.406 e. The summed E-state index contributed by atoms with van der Waals surface area (Å²) in [7, 11) is 0. The van der Waals surface area contributed by atoms with E-state index in [9.17, 15) is 22.8 Å². The Morgan fingerprint density at radius 2 is 1.78 bits per heavy atom. The molecule has 10 nitrogen and oxygen atoms in total. The number of carbonyl (C=O) groups is 2. The Balaban J connectivity index is 1.27. The molecule has 3 aromatic rings. The maximum Gasteiger partial charge on any atom is 0.573 e. The largest absolute Gasteiger partial charge is 0.573 e. The molecular formula is C22H18F3N7O3S. The van der Waals surface area contributed by atoms with Gasteiger partial charge in [0.25, 0.3) is 5.91 Å². The highest BCUT2D eigenvalue weighted by Gasteiger charge is 2.31. The lowest BCUT2D eigenvalue weighted by Gasteiger charge is -2.35. The minimum absolute atomic E-state index is 0.188. The van der Waals surface area contributed by atoms with Gasteiger partial charge in [-0.15, -0.1) is 24.5 Å². The normalized spacial score (nSPS) is 13.6. The maximum absolute atomic E-state index is 12.8. The van der Waals surface area contributed by atoms with E-state index in [1.165, 1.54) is 23.7 Å². The number of anilines is 3. The third-order valence-electron chi connectivity index (χ3n) is 5.06. The molecule has 0 atom stereocenters. The second kappa shape index (κ2) is 10.5. The van der Waals surface area contributed by atoms with Gasteiger partial charge in [-0.2, -0.15) is 5.26 Å². The highest BCUT2D eigenvalue weighted by Crippen LogP contribution is 2.24. The molecular weight excluding hydrogens is 499 g/mol. The molecule has 1 aliphatic rings. The van der Waals surface area contributed by atoms with Crippen LogP contribution in [0.15, 0.2) is 48.0 Å². The van der Waals surface area contributed by atoms with Gasteiger partial charge in [-0.25, -0.2) is 14.8 Å². The Morgan fingerprint density at radius 1 is 1.06 bits per heavy atom. The molecule has 0 bridgehead atoms. The van der Waals surface area contributed by atoms with Crippen LogP contribution >= 0.6 is 11.3 Å². The van der Waals surface area contributed by atoms with E-state index in [1.807, 2.05) is 11.0 Å². The lowest BCUT2D eigenvalue weighted by molar-refractivity contribution is -0.274. The lowest BCUT2D eigenvalue weighted by Crippen LogP contribution is -2.49. The highest BCUT2D eigenvalue weighted by atomic mass is 32.1. The van der Waals surface area contributed by atoms with Crippen molar-refractivity contribution < 1.29 is 27.5 Å². The van der Waals surface area contributed by atoms with Gasteiger partial charge in [0.1, 0.15) is 23.3 Å². The van der Waals surface area contributed by atoms with Crippen molar-refractivity contribution in [1.82, 2.24) is 14.9 Å². The van der Waals surface area contributed by atoms with Gasteiger partial charge in [0.15, 0.2) is 5.13 Å². The number of piperazine rings is 1. The average Bonchev–Trinajstić information content (AvgIpc) is 3.32. The molecule has 1 fully saturated rings. The third-order valence-corrected chi connectivity index (χ3v) is 5.82. The van der Waals surface area contributed by atoms with Gasteiger partial charge in [-0.3, -0.25) is 10.1 Å². The molecule has 0 unspecified atom stereocenters. The Hall–Kier alpha value is -4.38. The molecule has 3 amide bonds. The first kappa shape index (κ1) is 24.7. The summed E-state index contributed by atoms with van der Waals surface area (Å²) in [6.45, 7) is 2.04. The summed E-state index contributed by atoms with van der Waals surface area (Å²) in [6.07, 6.45) is -3.30. The number of ether oxygens (including phenoxy) is 1. The van der Waals surface area contributed by atoms with Crippen molar-refractivity contribution in [2.75, 3.05) is 41.7 Å². The molecule has 0 saturated carbocycles. The molecule has 1 saturated heterocycles. The molecule has 186 valence electrons. The van der Waals surface area contributed by atoms with E-state index in [0.29, 0.717) is 31.7 Å². The van der Waals surface area contributed by atoms with E-state index in [0.717, 1.165) is 29.3 Å². The Labute approximate surface area is 206 Å². The van der Waals surface area contributed by atoms with Crippen molar-refractivity contribution >= 4 is 39.9 Å². The van der Waals surface area contributed by atoms with Crippen LogP contribution in [0.4, 0.5) is 34.6 Å². The van der Waals surface area contributed by atoms with Gasteiger partial charge in [-0.05, 0) is 36.4 Å². The topological polar surface area (TPSA) is 123 Å². The first-order valence-electron chi connectivity index (χ1n) is 10.5. The Bertz CT molecular complexity index is 1270. The van der Waals surface area contributed by atoms with Gasteiger partial charge in [0.05, 0.1) is 5.56 Å². The number of nitrogens with one attached hydrogen (secondary N) is 2. The van der Waals surface area contributed by atoms with Crippen molar-refractivity contribution in [2.45, 2.75) is 6.36 Å². The van der Waals surface area contributed by atoms with Crippen LogP contribution in [0.1, 0.15) is 16.1 Å². The van der Waals surface area contributed by atoms with Crippen LogP contribution in [-0.4, -0.2) is 59.3 Å². The fourth-order valence-corrected chi connectivity index (χ4v) is 4.05. The monoisotopic (exact) mass is 517 g/mol. The minimum atomic E-state index is -4.80. The smallest absolute Gasteiger partial charge is 0.406 e. The van der Waals surface area contributed by atoms with Crippen molar-refractivity contribution in [3.8, 4) is 11.8 Å². The number of thiazole rings is 1. The van der Waals surface area contributed by atoms with Gasteiger partial charge in [0, 0.05) is 43.4 Å². The summed E-state index contributed by atoms with van der Waals surface area (Å²) in [6, 6.07) is 9.46. The third kappa shape index (κ3) is 6.39.